The first-order chi connectivity index (χ1) is 13.9. The molecule has 1 fully saturated rings. The van der Waals surface area contributed by atoms with Crippen LogP contribution in [0.1, 0.15) is 43.7 Å². The Morgan fingerprint density at radius 1 is 1.03 bits per heavy atom. The van der Waals surface area contributed by atoms with Crippen molar-refractivity contribution in [1.82, 2.24) is 10.6 Å². The molecule has 0 aromatic heterocycles. The average Bonchev–Trinajstić information content (AvgIpc) is 3.21. The standard InChI is InChI=1S/C22H30N4O2S/c1-2-24-21(25-16-18-10-12-20(13-11-18)29(23,27)28)26-17-22(14-6-7-15-22)19-8-4-3-5-9-19/h3-5,8-13H,2,6-7,14-17H2,1H3,(H2,23,27,28)(H2,24,25,26). The number of hydrogen-bond donors (Lipinski definition) is 3. The summed E-state index contributed by atoms with van der Waals surface area (Å²) >= 11 is 0. The molecule has 156 valence electrons. The summed E-state index contributed by atoms with van der Waals surface area (Å²) in [6, 6.07) is 17.3. The van der Waals surface area contributed by atoms with Gasteiger partial charge in [-0.1, -0.05) is 55.3 Å². The van der Waals surface area contributed by atoms with E-state index in [4.69, 9.17) is 5.14 Å². The van der Waals surface area contributed by atoms with Gasteiger partial charge in [0, 0.05) is 18.5 Å². The molecule has 4 N–H and O–H groups in total. The molecule has 0 bridgehead atoms. The molecule has 2 aromatic carbocycles. The molecule has 0 spiro atoms. The van der Waals surface area contributed by atoms with Crippen molar-refractivity contribution >= 4 is 16.0 Å². The SMILES string of the molecule is CCNC(=NCc1ccc(S(N)(=O)=O)cc1)NCC1(c2ccccc2)CCCC1. The Kier molecular flexibility index (Phi) is 6.92. The van der Waals surface area contributed by atoms with E-state index in [0.29, 0.717) is 6.54 Å². The summed E-state index contributed by atoms with van der Waals surface area (Å²) in [6.07, 6.45) is 4.86. The number of nitrogens with one attached hydrogen (secondary N) is 2. The summed E-state index contributed by atoms with van der Waals surface area (Å²) in [4.78, 5) is 4.79. The maximum Gasteiger partial charge on any atom is 0.238 e. The Hall–Kier alpha value is -2.38. The Bertz CT molecular complexity index is 919. The number of nitrogens with zero attached hydrogens (tertiary/aromatic N) is 1. The molecular formula is C22H30N4O2S. The van der Waals surface area contributed by atoms with Crippen LogP contribution in [0.3, 0.4) is 0 Å². The van der Waals surface area contributed by atoms with Gasteiger partial charge < -0.3 is 10.6 Å². The third-order valence-corrected chi connectivity index (χ3v) is 6.49. The molecule has 0 heterocycles. The number of nitrogens with two attached hydrogens (primary N) is 1. The lowest BCUT2D eigenvalue weighted by molar-refractivity contribution is 0.432. The zero-order valence-corrected chi connectivity index (χ0v) is 17.7. The maximum atomic E-state index is 11.4. The van der Waals surface area contributed by atoms with Crippen LogP contribution >= 0.6 is 0 Å². The van der Waals surface area contributed by atoms with Crippen molar-refractivity contribution in [2.45, 2.75) is 49.5 Å². The molecule has 0 atom stereocenters. The molecule has 0 unspecified atom stereocenters. The van der Waals surface area contributed by atoms with E-state index in [1.54, 1.807) is 12.1 Å². The first kappa shape index (κ1) is 21.3. The van der Waals surface area contributed by atoms with E-state index in [-0.39, 0.29) is 10.3 Å². The number of hydrogen-bond acceptors (Lipinski definition) is 3. The molecule has 6 nitrogen and oxygen atoms in total. The van der Waals surface area contributed by atoms with E-state index >= 15 is 0 Å². The molecule has 0 saturated heterocycles. The van der Waals surface area contributed by atoms with Crippen LogP contribution in [0.15, 0.2) is 64.5 Å². The second-order valence-corrected chi connectivity index (χ2v) is 9.15. The normalized spacial score (nSPS) is 16.6. The van der Waals surface area contributed by atoms with E-state index in [0.717, 1.165) is 24.6 Å². The van der Waals surface area contributed by atoms with Gasteiger partial charge in [-0.2, -0.15) is 0 Å². The highest BCUT2D eigenvalue weighted by atomic mass is 32.2. The summed E-state index contributed by atoms with van der Waals surface area (Å²) < 4.78 is 22.8. The quantitative estimate of drug-likeness (QED) is 0.479. The van der Waals surface area contributed by atoms with Crippen molar-refractivity contribution in [3.05, 3.63) is 65.7 Å². The molecule has 7 heteroatoms. The Balaban J connectivity index is 1.69. The number of benzene rings is 2. The predicted molar refractivity (Wildman–Crippen MR) is 117 cm³/mol. The highest BCUT2D eigenvalue weighted by Crippen LogP contribution is 2.40. The van der Waals surface area contributed by atoms with Crippen LogP contribution in [-0.4, -0.2) is 27.5 Å². The highest BCUT2D eigenvalue weighted by Gasteiger charge is 2.35. The second kappa shape index (κ2) is 9.41. The lowest BCUT2D eigenvalue weighted by Crippen LogP contribution is -2.44. The molecule has 2 aromatic rings. The van der Waals surface area contributed by atoms with Crippen LogP contribution in [0.2, 0.25) is 0 Å². The molecule has 1 saturated carbocycles. The van der Waals surface area contributed by atoms with Crippen molar-refractivity contribution < 1.29 is 8.42 Å². The van der Waals surface area contributed by atoms with Gasteiger partial charge in [0.05, 0.1) is 11.4 Å². The van der Waals surface area contributed by atoms with E-state index < -0.39 is 10.0 Å². The van der Waals surface area contributed by atoms with Crippen molar-refractivity contribution in [3.63, 3.8) is 0 Å². The molecule has 0 radical (unpaired) electrons. The molecule has 0 amide bonds. The number of guanidine groups is 1. The van der Waals surface area contributed by atoms with Crippen molar-refractivity contribution in [1.29, 1.82) is 0 Å². The highest BCUT2D eigenvalue weighted by molar-refractivity contribution is 7.89. The minimum atomic E-state index is -3.67. The first-order valence-corrected chi connectivity index (χ1v) is 11.7. The maximum absolute atomic E-state index is 11.4. The summed E-state index contributed by atoms with van der Waals surface area (Å²) in [7, 11) is -3.67. The fraction of sp³-hybridized carbons (Fsp3) is 0.409. The van der Waals surface area contributed by atoms with E-state index in [9.17, 15) is 8.42 Å². The van der Waals surface area contributed by atoms with Crippen LogP contribution in [-0.2, 0) is 22.0 Å². The van der Waals surface area contributed by atoms with Gasteiger partial charge >= 0.3 is 0 Å². The summed E-state index contributed by atoms with van der Waals surface area (Å²) in [5, 5.41) is 12.0. The zero-order valence-electron chi connectivity index (χ0n) is 16.9. The largest absolute Gasteiger partial charge is 0.357 e. The average molecular weight is 415 g/mol. The molecular weight excluding hydrogens is 384 g/mol. The minimum absolute atomic E-state index is 0.112. The van der Waals surface area contributed by atoms with Gasteiger partial charge in [0.25, 0.3) is 0 Å². The molecule has 29 heavy (non-hydrogen) atoms. The van der Waals surface area contributed by atoms with Gasteiger partial charge in [-0.15, -0.1) is 0 Å². The fourth-order valence-electron chi connectivity index (χ4n) is 3.96. The van der Waals surface area contributed by atoms with Gasteiger partial charge in [0.15, 0.2) is 5.96 Å². The summed E-state index contributed by atoms with van der Waals surface area (Å²) in [5.74, 6) is 0.769. The fourth-order valence-corrected chi connectivity index (χ4v) is 4.48. The number of sulfonamides is 1. The second-order valence-electron chi connectivity index (χ2n) is 7.59. The van der Waals surface area contributed by atoms with Gasteiger partial charge in [0.2, 0.25) is 10.0 Å². The van der Waals surface area contributed by atoms with Crippen LogP contribution in [0.25, 0.3) is 0 Å². The monoisotopic (exact) mass is 414 g/mol. The number of aliphatic imine (C=N–C) groups is 1. The molecule has 0 aliphatic heterocycles. The van der Waals surface area contributed by atoms with E-state index in [1.165, 1.54) is 43.4 Å². The van der Waals surface area contributed by atoms with Gasteiger partial charge in [-0.3, -0.25) is 0 Å². The first-order valence-electron chi connectivity index (χ1n) is 10.1. The third kappa shape index (κ3) is 5.58. The lowest BCUT2D eigenvalue weighted by atomic mass is 9.79. The third-order valence-electron chi connectivity index (χ3n) is 5.56. The van der Waals surface area contributed by atoms with E-state index in [2.05, 4.69) is 46.0 Å². The molecule has 1 aliphatic carbocycles. The topological polar surface area (TPSA) is 96.6 Å². The van der Waals surface area contributed by atoms with E-state index in [1.807, 2.05) is 6.92 Å². The van der Waals surface area contributed by atoms with Crippen LogP contribution < -0.4 is 15.8 Å². The Labute approximate surface area is 173 Å². The smallest absolute Gasteiger partial charge is 0.238 e. The summed E-state index contributed by atoms with van der Waals surface area (Å²) in [5.41, 5.74) is 2.46. The van der Waals surface area contributed by atoms with Gasteiger partial charge in [0.1, 0.15) is 0 Å². The van der Waals surface area contributed by atoms with Crippen molar-refractivity contribution in [3.8, 4) is 0 Å². The van der Waals surface area contributed by atoms with Crippen LogP contribution in [0, 0.1) is 0 Å². The number of primary sulfonamides is 1. The van der Waals surface area contributed by atoms with Crippen LogP contribution in [0.4, 0.5) is 0 Å². The number of rotatable bonds is 7. The Morgan fingerprint density at radius 2 is 1.69 bits per heavy atom. The zero-order chi connectivity index (χ0) is 20.7. The lowest BCUT2D eigenvalue weighted by Gasteiger charge is -2.30. The van der Waals surface area contributed by atoms with Crippen molar-refractivity contribution in [2.24, 2.45) is 10.1 Å². The summed E-state index contributed by atoms with van der Waals surface area (Å²) in [6.45, 7) is 4.11. The van der Waals surface area contributed by atoms with Gasteiger partial charge in [-0.05, 0) is 43.0 Å². The Morgan fingerprint density at radius 3 is 2.28 bits per heavy atom. The van der Waals surface area contributed by atoms with Gasteiger partial charge in [-0.25, -0.2) is 18.5 Å². The van der Waals surface area contributed by atoms with Crippen LogP contribution in [0.5, 0.6) is 0 Å². The minimum Gasteiger partial charge on any atom is -0.357 e. The molecule has 1 aliphatic rings. The molecule has 3 rings (SSSR count). The predicted octanol–water partition coefficient (Wildman–Crippen LogP) is 2.90. The van der Waals surface area contributed by atoms with Crippen molar-refractivity contribution in [2.75, 3.05) is 13.1 Å².